The number of ether oxygens (including phenoxy) is 2. The molecule has 0 atom stereocenters. The topological polar surface area (TPSA) is 35.5 Å². The molecule has 0 bridgehead atoms. The fraction of sp³-hybridized carbons (Fsp3) is 0.462. The van der Waals surface area contributed by atoms with Crippen molar-refractivity contribution in [3.63, 3.8) is 0 Å². The van der Waals surface area contributed by atoms with E-state index in [1.54, 1.807) is 14.2 Å². The minimum Gasteiger partial charge on any atom is -0.496 e. The maximum absolute atomic E-state index is 10.5. The molecule has 0 fully saturated rings. The number of carbonyl (C=O) groups is 1. The molecule has 3 heteroatoms. The van der Waals surface area contributed by atoms with Gasteiger partial charge in [0.05, 0.1) is 14.2 Å². The summed E-state index contributed by atoms with van der Waals surface area (Å²) in [6, 6.07) is 3.79. The Morgan fingerprint density at radius 1 is 1.19 bits per heavy atom. The highest BCUT2D eigenvalue weighted by atomic mass is 16.5. The van der Waals surface area contributed by atoms with Crippen molar-refractivity contribution >= 4 is 6.29 Å². The van der Waals surface area contributed by atoms with Crippen molar-refractivity contribution in [2.45, 2.75) is 26.2 Å². The Balaban J connectivity index is 3.30. The molecule has 0 saturated carbocycles. The number of methoxy groups -OCH3 is 2. The lowest BCUT2D eigenvalue weighted by Gasteiger charge is -2.17. The molecular formula is C13H18O3. The van der Waals surface area contributed by atoms with Crippen LogP contribution in [0.1, 0.15) is 30.9 Å². The lowest BCUT2D eigenvalue weighted by molar-refractivity contribution is -0.107. The van der Waals surface area contributed by atoms with Crippen molar-refractivity contribution in [2.24, 2.45) is 0 Å². The van der Waals surface area contributed by atoms with E-state index < -0.39 is 0 Å². The summed E-state index contributed by atoms with van der Waals surface area (Å²) in [6.45, 7) is 4.17. The van der Waals surface area contributed by atoms with Crippen LogP contribution in [0.5, 0.6) is 11.5 Å². The Bertz CT molecular complexity index is 344. The Kier molecular flexibility index (Phi) is 4.35. The van der Waals surface area contributed by atoms with Gasteiger partial charge in [-0.3, -0.25) is 0 Å². The van der Waals surface area contributed by atoms with Crippen molar-refractivity contribution in [1.82, 2.24) is 0 Å². The Morgan fingerprint density at radius 3 is 2.00 bits per heavy atom. The van der Waals surface area contributed by atoms with Crippen LogP contribution in [-0.2, 0) is 11.2 Å². The van der Waals surface area contributed by atoms with E-state index in [-0.39, 0.29) is 0 Å². The molecule has 0 N–H and O–H groups in total. The van der Waals surface area contributed by atoms with E-state index in [4.69, 9.17) is 9.47 Å². The molecule has 1 aromatic rings. The number of aldehydes is 1. The van der Waals surface area contributed by atoms with Gasteiger partial charge in [0.2, 0.25) is 0 Å². The smallest absolute Gasteiger partial charge is 0.126 e. The van der Waals surface area contributed by atoms with Crippen LogP contribution >= 0.6 is 0 Å². The summed E-state index contributed by atoms with van der Waals surface area (Å²) in [4.78, 5) is 10.5. The maximum atomic E-state index is 10.5. The fourth-order valence-electron chi connectivity index (χ4n) is 1.78. The highest BCUT2D eigenvalue weighted by Crippen LogP contribution is 2.36. The predicted octanol–water partition coefficient (Wildman–Crippen LogP) is 2.57. The molecule has 0 saturated heterocycles. The Labute approximate surface area is 96.4 Å². The van der Waals surface area contributed by atoms with Gasteiger partial charge in [-0.15, -0.1) is 0 Å². The van der Waals surface area contributed by atoms with Crippen LogP contribution in [0.4, 0.5) is 0 Å². The monoisotopic (exact) mass is 222 g/mol. The summed E-state index contributed by atoms with van der Waals surface area (Å²) in [5.41, 5.74) is 1.95. The zero-order valence-electron chi connectivity index (χ0n) is 10.2. The lowest BCUT2D eigenvalue weighted by Crippen LogP contribution is -2.01. The van der Waals surface area contributed by atoms with Crippen LogP contribution < -0.4 is 9.47 Å². The van der Waals surface area contributed by atoms with Gasteiger partial charge in [-0.25, -0.2) is 0 Å². The molecule has 3 nitrogen and oxygen atoms in total. The van der Waals surface area contributed by atoms with E-state index >= 15 is 0 Å². The third kappa shape index (κ3) is 2.54. The lowest BCUT2D eigenvalue weighted by atomic mass is 9.98. The molecule has 16 heavy (non-hydrogen) atoms. The van der Waals surface area contributed by atoms with Crippen molar-refractivity contribution in [3.8, 4) is 11.5 Å². The van der Waals surface area contributed by atoms with Crippen LogP contribution in [-0.4, -0.2) is 20.5 Å². The van der Waals surface area contributed by atoms with Crippen LogP contribution in [0.2, 0.25) is 0 Å². The van der Waals surface area contributed by atoms with E-state index in [2.05, 4.69) is 13.8 Å². The van der Waals surface area contributed by atoms with Crippen LogP contribution in [0.3, 0.4) is 0 Å². The van der Waals surface area contributed by atoms with E-state index in [0.717, 1.165) is 28.9 Å². The Hall–Kier alpha value is -1.51. The zero-order chi connectivity index (χ0) is 12.1. The highest BCUT2D eigenvalue weighted by Gasteiger charge is 2.15. The quantitative estimate of drug-likeness (QED) is 0.718. The molecule has 0 spiro atoms. The van der Waals surface area contributed by atoms with E-state index in [0.29, 0.717) is 12.3 Å². The van der Waals surface area contributed by atoms with Gasteiger partial charge >= 0.3 is 0 Å². The largest absolute Gasteiger partial charge is 0.496 e. The van der Waals surface area contributed by atoms with Crippen molar-refractivity contribution < 1.29 is 14.3 Å². The van der Waals surface area contributed by atoms with E-state index in [1.165, 1.54) is 0 Å². The van der Waals surface area contributed by atoms with Gasteiger partial charge < -0.3 is 14.3 Å². The van der Waals surface area contributed by atoms with Gasteiger partial charge in [-0.05, 0) is 23.6 Å². The number of hydrogen-bond donors (Lipinski definition) is 0. The molecule has 0 unspecified atom stereocenters. The second-order valence-electron chi connectivity index (χ2n) is 3.94. The van der Waals surface area contributed by atoms with Crippen molar-refractivity contribution in [3.05, 3.63) is 23.3 Å². The molecule has 0 radical (unpaired) electrons. The number of benzene rings is 1. The minimum absolute atomic E-state index is 0.315. The molecule has 88 valence electrons. The molecule has 0 aliphatic carbocycles. The molecule has 1 rings (SSSR count). The van der Waals surface area contributed by atoms with Gasteiger partial charge in [0.15, 0.2) is 0 Å². The molecule has 0 aliphatic rings. The molecule has 0 heterocycles. The fourth-order valence-corrected chi connectivity index (χ4v) is 1.78. The van der Waals surface area contributed by atoms with Gasteiger partial charge in [-0.2, -0.15) is 0 Å². The number of carbonyl (C=O) groups excluding carboxylic acids is 1. The summed E-state index contributed by atoms with van der Waals surface area (Å²) in [7, 11) is 3.26. The normalized spacial score (nSPS) is 10.3. The second kappa shape index (κ2) is 5.54. The number of rotatable bonds is 5. The first-order valence-corrected chi connectivity index (χ1v) is 5.32. The summed E-state index contributed by atoms with van der Waals surface area (Å²) >= 11 is 0. The average molecular weight is 222 g/mol. The molecule has 0 aliphatic heterocycles. The minimum atomic E-state index is 0.315. The second-order valence-corrected chi connectivity index (χ2v) is 3.94. The van der Waals surface area contributed by atoms with E-state index in [1.807, 2.05) is 12.1 Å². The maximum Gasteiger partial charge on any atom is 0.126 e. The van der Waals surface area contributed by atoms with Crippen molar-refractivity contribution in [2.75, 3.05) is 14.2 Å². The molecule has 0 amide bonds. The zero-order valence-corrected chi connectivity index (χ0v) is 10.2. The van der Waals surface area contributed by atoms with Crippen molar-refractivity contribution in [1.29, 1.82) is 0 Å². The third-order valence-electron chi connectivity index (χ3n) is 2.50. The summed E-state index contributed by atoms with van der Waals surface area (Å²) < 4.78 is 10.7. The summed E-state index contributed by atoms with van der Waals surface area (Å²) in [6.07, 6.45) is 1.26. The molecule has 1 aromatic carbocycles. The Morgan fingerprint density at radius 2 is 1.69 bits per heavy atom. The standard InChI is InChI=1S/C13H18O3/c1-9(2)13-11(15-3)7-10(5-6-14)8-12(13)16-4/h6-9H,5H2,1-4H3. The first kappa shape index (κ1) is 12.6. The first-order chi connectivity index (χ1) is 7.63. The molecular weight excluding hydrogens is 204 g/mol. The van der Waals surface area contributed by atoms with Gasteiger partial charge in [0.25, 0.3) is 0 Å². The number of hydrogen-bond acceptors (Lipinski definition) is 3. The van der Waals surface area contributed by atoms with Crippen LogP contribution in [0.15, 0.2) is 12.1 Å². The summed E-state index contributed by atoms with van der Waals surface area (Å²) in [5.74, 6) is 1.88. The average Bonchev–Trinajstić information content (AvgIpc) is 2.27. The van der Waals surface area contributed by atoms with Crippen LogP contribution in [0.25, 0.3) is 0 Å². The van der Waals surface area contributed by atoms with Crippen LogP contribution in [0, 0.1) is 0 Å². The molecule has 0 aromatic heterocycles. The highest BCUT2D eigenvalue weighted by molar-refractivity contribution is 5.58. The summed E-state index contributed by atoms with van der Waals surface area (Å²) in [5, 5.41) is 0. The van der Waals surface area contributed by atoms with Gasteiger partial charge in [-0.1, -0.05) is 13.8 Å². The first-order valence-electron chi connectivity index (χ1n) is 5.32. The third-order valence-corrected chi connectivity index (χ3v) is 2.50. The van der Waals surface area contributed by atoms with Gasteiger partial charge in [0, 0.05) is 12.0 Å². The predicted molar refractivity (Wildman–Crippen MR) is 63.4 cm³/mol. The SMILES string of the molecule is COc1cc(CC=O)cc(OC)c1C(C)C. The van der Waals surface area contributed by atoms with E-state index in [9.17, 15) is 4.79 Å². The van der Waals surface area contributed by atoms with Gasteiger partial charge in [0.1, 0.15) is 17.8 Å².